The highest BCUT2D eigenvalue weighted by Gasteiger charge is 2.33. The highest BCUT2D eigenvalue weighted by molar-refractivity contribution is 8.01. The molecule has 0 bridgehead atoms. The third kappa shape index (κ3) is 4.62. The van der Waals surface area contributed by atoms with E-state index in [9.17, 15) is 13.2 Å². The van der Waals surface area contributed by atoms with E-state index in [0.29, 0.717) is 13.0 Å². The van der Waals surface area contributed by atoms with Crippen molar-refractivity contribution < 1.29 is 13.2 Å². The van der Waals surface area contributed by atoms with Crippen LogP contribution in [0.4, 0.5) is 0 Å². The fourth-order valence-corrected chi connectivity index (χ4v) is 6.38. The van der Waals surface area contributed by atoms with E-state index < -0.39 is 9.84 Å². The molecule has 2 aromatic rings. The van der Waals surface area contributed by atoms with E-state index in [1.54, 1.807) is 4.90 Å². The van der Waals surface area contributed by atoms with Crippen LogP contribution in [0.1, 0.15) is 13.3 Å². The van der Waals surface area contributed by atoms with Crippen molar-refractivity contribution in [2.75, 3.05) is 23.8 Å². The van der Waals surface area contributed by atoms with Gasteiger partial charge in [-0.15, -0.1) is 11.3 Å². The van der Waals surface area contributed by atoms with Crippen LogP contribution < -0.4 is 0 Å². The minimum Gasteiger partial charge on any atom is -0.338 e. The number of benzene rings is 1. The molecule has 0 aliphatic carbocycles. The van der Waals surface area contributed by atoms with E-state index in [2.05, 4.69) is 4.98 Å². The number of rotatable bonds is 6. The molecule has 1 aromatic heterocycles. The minimum absolute atomic E-state index is 0.0222. The molecule has 1 atom stereocenters. The van der Waals surface area contributed by atoms with Gasteiger partial charge in [0.1, 0.15) is 0 Å². The number of thioether (sulfide) groups is 1. The van der Waals surface area contributed by atoms with Crippen molar-refractivity contribution in [3.05, 3.63) is 35.7 Å². The number of carbonyl (C=O) groups is 1. The van der Waals surface area contributed by atoms with Gasteiger partial charge in [0.15, 0.2) is 14.2 Å². The van der Waals surface area contributed by atoms with Crippen molar-refractivity contribution in [1.29, 1.82) is 0 Å². The Bertz CT molecular complexity index is 834. The van der Waals surface area contributed by atoms with E-state index in [4.69, 9.17) is 0 Å². The zero-order valence-corrected chi connectivity index (χ0v) is 16.4. The Balaban J connectivity index is 1.59. The maximum Gasteiger partial charge on any atom is 0.233 e. The maximum atomic E-state index is 12.5. The van der Waals surface area contributed by atoms with Crippen molar-refractivity contribution >= 4 is 38.8 Å². The van der Waals surface area contributed by atoms with Crippen LogP contribution in [-0.4, -0.2) is 54.1 Å². The van der Waals surface area contributed by atoms with Crippen molar-refractivity contribution in [2.45, 2.75) is 23.7 Å². The molecule has 0 unspecified atom stereocenters. The van der Waals surface area contributed by atoms with Gasteiger partial charge in [-0.1, -0.05) is 42.1 Å². The normalized spacial score (nSPS) is 19.0. The summed E-state index contributed by atoms with van der Waals surface area (Å²) in [5, 5.41) is 1.99. The molecule has 1 saturated heterocycles. The average Bonchev–Trinajstić information content (AvgIpc) is 3.21. The first-order valence-corrected chi connectivity index (χ1v) is 11.8. The first-order chi connectivity index (χ1) is 12.0. The zero-order valence-electron chi connectivity index (χ0n) is 13.9. The fraction of sp³-hybridized carbons (Fsp3) is 0.412. The number of hydrogen-bond donors (Lipinski definition) is 0. The van der Waals surface area contributed by atoms with Gasteiger partial charge in [0.05, 0.1) is 23.0 Å². The topological polar surface area (TPSA) is 67.3 Å². The lowest BCUT2D eigenvalue weighted by Gasteiger charge is -2.26. The van der Waals surface area contributed by atoms with Crippen molar-refractivity contribution in [3.8, 4) is 11.3 Å². The Morgan fingerprint density at radius 1 is 1.36 bits per heavy atom. The number of carbonyl (C=O) groups excluding carboxylic acids is 1. The molecule has 0 N–H and O–H groups in total. The monoisotopic (exact) mass is 396 g/mol. The van der Waals surface area contributed by atoms with Crippen LogP contribution in [0.5, 0.6) is 0 Å². The number of thiazole rings is 1. The molecule has 8 heteroatoms. The van der Waals surface area contributed by atoms with Gasteiger partial charge in [-0.2, -0.15) is 0 Å². The molecule has 1 aliphatic heterocycles. The van der Waals surface area contributed by atoms with E-state index in [0.717, 1.165) is 15.6 Å². The number of hydrogen-bond acceptors (Lipinski definition) is 6. The van der Waals surface area contributed by atoms with Gasteiger partial charge >= 0.3 is 0 Å². The summed E-state index contributed by atoms with van der Waals surface area (Å²) in [6.07, 6.45) is 0.544. The molecule has 3 rings (SSSR count). The van der Waals surface area contributed by atoms with Gasteiger partial charge in [0, 0.05) is 23.5 Å². The minimum atomic E-state index is -2.99. The van der Waals surface area contributed by atoms with Crippen LogP contribution in [0, 0.1) is 0 Å². The Kier molecular flexibility index (Phi) is 5.81. The lowest BCUT2D eigenvalue weighted by atomic mass is 10.2. The number of aromatic nitrogens is 1. The first kappa shape index (κ1) is 18.4. The van der Waals surface area contributed by atoms with Crippen molar-refractivity contribution in [3.63, 3.8) is 0 Å². The fourth-order valence-electron chi connectivity index (χ4n) is 2.93. The zero-order chi connectivity index (χ0) is 17.9. The van der Waals surface area contributed by atoms with Gasteiger partial charge in [-0.25, -0.2) is 13.4 Å². The van der Waals surface area contributed by atoms with Gasteiger partial charge in [-0.05, 0) is 13.3 Å². The molecule has 1 fully saturated rings. The third-order valence-electron chi connectivity index (χ3n) is 4.18. The molecule has 1 aliphatic rings. The lowest BCUT2D eigenvalue weighted by molar-refractivity contribution is -0.129. The molecular formula is C17H20N2O3S3. The number of nitrogens with zero attached hydrogens (tertiary/aromatic N) is 2. The SMILES string of the molecule is CCN(C(=O)CSc1nc(-c2ccccc2)cs1)[C@H]1CCS(=O)(=O)C1. The summed E-state index contributed by atoms with van der Waals surface area (Å²) in [5.74, 6) is 0.534. The van der Waals surface area contributed by atoms with Crippen LogP contribution in [-0.2, 0) is 14.6 Å². The highest BCUT2D eigenvalue weighted by atomic mass is 32.2. The van der Waals surface area contributed by atoms with E-state index in [1.165, 1.54) is 23.1 Å². The standard InChI is InChI=1S/C17H20N2O3S3/c1-2-19(14-8-9-25(21,22)12-14)16(20)11-24-17-18-15(10-23-17)13-6-4-3-5-7-13/h3-7,10,14H,2,8-9,11-12H2,1H3/t14-/m0/s1. The molecular weight excluding hydrogens is 376 g/mol. The van der Waals surface area contributed by atoms with E-state index in [1.807, 2.05) is 42.6 Å². The van der Waals surface area contributed by atoms with Crippen LogP contribution in [0.2, 0.25) is 0 Å². The predicted octanol–water partition coefficient (Wildman–Crippen LogP) is 2.94. The molecule has 0 radical (unpaired) electrons. The summed E-state index contributed by atoms with van der Waals surface area (Å²) in [6.45, 7) is 2.43. The second kappa shape index (κ2) is 7.88. The Morgan fingerprint density at radius 3 is 2.76 bits per heavy atom. The van der Waals surface area contributed by atoms with Crippen LogP contribution in [0.25, 0.3) is 11.3 Å². The van der Waals surface area contributed by atoms with Crippen LogP contribution >= 0.6 is 23.1 Å². The number of amides is 1. The summed E-state index contributed by atoms with van der Waals surface area (Å²) in [6, 6.07) is 9.74. The summed E-state index contributed by atoms with van der Waals surface area (Å²) >= 11 is 2.94. The molecule has 134 valence electrons. The quantitative estimate of drug-likeness (QED) is 0.702. The Labute approximate surface area is 156 Å². The van der Waals surface area contributed by atoms with Gasteiger partial charge < -0.3 is 4.90 Å². The van der Waals surface area contributed by atoms with Crippen LogP contribution in [0.15, 0.2) is 40.1 Å². The Hall–Kier alpha value is -1.38. The summed E-state index contributed by atoms with van der Waals surface area (Å²) in [7, 11) is -2.99. The van der Waals surface area contributed by atoms with E-state index in [-0.39, 0.29) is 29.2 Å². The molecule has 1 amide bonds. The lowest BCUT2D eigenvalue weighted by Crippen LogP contribution is -2.41. The molecule has 0 spiro atoms. The Morgan fingerprint density at radius 2 is 2.12 bits per heavy atom. The van der Waals surface area contributed by atoms with E-state index >= 15 is 0 Å². The van der Waals surface area contributed by atoms with Gasteiger partial charge in [-0.3, -0.25) is 4.79 Å². The van der Waals surface area contributed by atoms with Crippen molar-refractivity contribution in [2.24, 2.45) is 0 Å². The van der Waals surface area contributed by atoms with Crippen molar-refractivity contribution in [1.82, 2.24) is 9.88 Å². The molecule has 1 aromatic carbocycles. The summed E-state index contributed by atoms with van der Waals surface area (Å²) in [4.78, 5) is 18.8. The van der Waals surface area contributed by atoms with Gasteiger partial charge in [0.2, 0.25) is 5.91 Å². The maximum absolute atomic E-state index is 12.5. The summed E-state index contributed by atoms with van der Waals surface area (Å²) < 4.78 is 24.1. The number of sulfone groups is 1. The summed E-state index contributed by atoms with van der Waals surface area (Å²) in [5.41, 5.74) is 1.97. The van der Waals surface area contributed by atoms with Crippen LogP contribution in [0.3, 0.4) is 0 Å². The first-order valence-electron chi connectivity index (χ1n) is 8.12. The predicted molar refractivity (Wildman–Crippen MR) is 103 cm³/mol. The smallest absolute Gasteiger partial charge is 0.233 e. The highest BCUT2D eigenvalue weighted by Crippen LogP contribution is 2.28. The molecule has 0 saturated carbocycles. The largest absolute Gasteiger partial charge is 0.338 e. The van der Waals surface area contributed by atoms with Gasteiger partial charge in [0.25, 0.3) is 0 Å². The molecule has 5 nitrogen and oxygen atoms in total. The second-order valence-electron chi connectivity index (χ2n) is 5.89. The third-order valence-corrected chi connectivity index (χ3v) is 7.94. The second-order valence-corrected chi connectivity index (χ2v) is 10.2. The molecule has 2 heterocycles. The average molecular weight is 397 g/mol. The molecule has 25 heavy (non-hydrogen) atoms.